The number of nitrogens with one attached hydrogen (secondary N) is 2. The summed E-state index contributed by atoms with van der Waals surface area (Å²) in [5.41, 5.74) is 4.45. The minimum Gasteiger partial charge on any atom is -0.378 e. The highest BCUT2D eigenvalue weighted by atomic mass is 16.5. The van der Waals surface area contributed by atoms with Crippen LogP contribution in [0.1, 0.15) is 21.5 Å². The first-order valence-corrected chi connectivity index (χ1v) is 9.11. The van der Waals surface area contributed by atoms with Crippen molar-refractivity contribution in [3.05, 3.63) is 59.2 Å². The van der Waals surface area contributed by atoms with Crippen LogP contribution in [-0.4, -0.2) is 49.6 Å². The highest BCUT2D eigenvalue weighted by molar-refractivity contribution is 5.96. The molecule has 1 aliphatic heterocycles. The van der Waals surface area contributed by atoms with Gasteiger partial charge in [0.1, 0.15) is 0 Å². The molecule has 6 heteroatoms. The Morgan fingerprint density at radius 2 is 1.78 bits per heavy atom. The smallest absolute Gasteiger partial charge is 0.254 e. The molecule has 0 aliphatic carbocycles. The highest BCUT2D eigenvalue weighted by Crippen LogP contribution is 2.15. The van der Waals surface area contributed by atoms with Crippen molar-refractivity contribution in [3.8, 4) is 0 Å². The second kappa shape index (κ2) is 8.68. The predicted molar refractivity (Wildman–Crippen MR) is 106 cm³/mol. The maximum Gasteiger partial charge on any atom is 0.254 e. The lowest BCUT2D eigenvalue weighted by molar-refractivity contribution is -0.114. The van der Waals surface area contributed by atoms with Crippen molar-refractivity contribution in [1.82, 2.24) is 4.90 Å². The minimum absolute atomic E-state index is 0.0125. The zero-order chi connectivity index (χ0) is 19.2. The maximum atomic E-state index is 12.6. The Morgan fingerprint density at radius 1 is 1.00 bits per heavy atom. The van der Waals surface area contributed by atoms with E-state index in [-0.39, 0.29) is 18.4 Å². The summed E-state index contributed by atoms with van der Waals surface area (Å²) < 4.78 is 5.29. The monoisotopic (exact) mass is 367 g/mol. The van der Waals surface area contributed by atoms with Crippen LogP contribution in [0.2, 0.25) is 0 Å². The van der Waals surface area contributed by atoms with Gasteiger partial charge in [-0.25, -0.2) is 0 Å². The molecular formula is C21H25N3O3. The molecule has 2 N–H and O–H groups in total. The summed E-state index contributed by atoms with van der Waals surface area (Å²) in [5.74, 6) is -0.148. The van der Waals surface area contributed by atoms with E-state index in [1.807, 2.05) is 44.2 Å². The van der Waals surface area contributed by atoms with Gasteiger partial charge in [0.15, 0.2) is 0 Å². The fraction of sp³-hybridized carbons (Fsp3) is 0.333. The number of ether oxygens (including phenoxy) is 1. The number of anilines is 2. The third-order valence-electron chi connectivity index (χ3n) is 4.65. The van der Waals surface area contributed by atoms with Gasteiger partial charge in [-0.05, 0) is 55.3 Å². The van der Waals surface area contributed by atoms with Crippen LogP contribution in [0, 0.1) is 13.8 Å². The van der Waals surface area contributed by atoms with Crippen molar-refractivity contribution in [2.45, 2.75) is 13.8 Å². The van der Waals surface area contributed by atoms with Crippen molar-refractivity contribution >= 4 is 23.2 Å². The van der Waals surface area contributed by atoms with Crippen molar-refractivity contribution in [3.63, 3.8) is 0 Å². The lowest BCUT2D eigenvalue weighted by atomic mass is 10.1. The average Bonchev–Trinajstić information content (AvgIpc) is 2.69. The number of morpholine rings is 1. The quantitative estimate of drug-likeness (QED) is 0.853. The number of amides is 2. The first-order chi connectivity index (χ1) is 13.0. The van der Waals surface area contributed by atoms with E-state index in [1.165, 1.54) is 5.56 Å². The lowest BCUT2D eigenvalue weighted by Crippen LogP contribution is -2.40. The van der Waals surface area contributed by atoms with Gasteiger partial charge in [0.25, 0.3) is 5.91 Å². The van der Waals surface area contributed by atoms with E-state index in [9.17, 15) is 9.59 Å². The summed E-state index contributed by atoms with van der Waals surface area (Å²) in [6.07, 6.45) is 0. The van der Waals surface area contributed by atoms with E-state index in [1.54, 1.807) is 17.0 Å². The van der Waals surface area contributed by atoms with Crippen LogP contribution < -0.4 is 10.6 Å². The van der Waals surface area contributed by atoms with Crippen LogP contribution in [0.3, 0.4) is 0 Å². The molecule has 1 saturated heterocycles. The Kier molecular flexibility index (Phi) is 6.08. The van der Waals surface area contributed by atoms with E-state index >= 15 is 0 Å². The van der Waals surface area contributed by atoms with Gasteiger partial charge in [0.05, 0.1) is 19.8 Å². The van der Waals surface area contributed by atoms with Crippen LogP contribution in [0.5, 0.6) is 0 Å². The van der Waals surface area contributed by atoms with Gasteiger partial charge in [-0.3, -0.25) is 9.59 Å². The molecule has 3 rings (SSSR count). The zero-order valence-electron chi connectivity index (χ0n) is 15.7. The summed E-state index contributed by atoms with van der Waals surface area (Å²) in [7, 11) is 0. The number of carbonyl (C=O) groups excluding carboxylic acids is 2. The molecule has 2 aromatic rings. The van der Waals surface area contributed by atoms with Crippen molar-refractivity contribution < 1.29 is 14.3 Å². The topological polar surface area (TPSA) is 70.7 Å². The lowest BCUT2D eigenvalue weighted by Gasteiger charge is -2.27. The second-order valence-electron chi connectivity index (χ2n) is 6.69. The second-order valence-corrected chi connectivity index (χ2v) is 6.69. The van der Waals surface area contributed by atoms with Crippen LogP contribution in [0.4, 0.5) is 11.4 Å². The molecule has 0 saturated carbocycles. The molecule has 27 heavy (non-hydrogen) atoms. The molecule has 0 unspecified atom stereocenters. The van der Waals surface area contributed by atoms with Gasteiger partial charge in [0, 0.05) is 30.0 Å². The Bertz CT molecular complexity index is 829. The number of aryl methyl sites for hydroxylation is 2. The first kappa shape index (κ1) is 18.9. The third kappa shape index (κ3) is 5.08. The largest absolute Gasteiger partial charge is 0.378 e. The number of hydrogen-bond acceptors (Lipinski definition) is 4. The van der Waals surface area contributed by atoms with Gasteiger partial charge in [-0.15, -0.1) is 0 Å². The minimum atomic E-state index is -0.136. The summed E-state index contributed by atoms with van der Waals surface area (Å²) in [5, 5.41) is 5.96. The molecule has 2 amide bonds. The highest BCUT2D eigenvalue weighted by Gasteiger charge is 2.18. The molecule has 0 spiro atoms. The molecule has 0 bridgehead atoms. The summed E-state index contributed by atoms with van der Waals surface area (Å²) in [6, 6.07) is 13.1. The normalized spacial score (nSPS) is 13.9. The van der Waals surface area contributed by atoms with Gasteiger partial charge >= 0.3 is 0 Å². The zero-order valence-corrected chi connectivity index (χ0v) is 15.7. The summed E-state index contributed by atoms with van der Waals surface area (Å²) in [6.45, 7) is 6.53. The van der Waals surface area contributed by atoms with Gasteiger partial charge in [-0.2, -0.15) is 0 Å². The third-order valence-corrected chi connectivity index (χ3v) is 4.65. The van der Waals surface area contributed by atoms with E-state index in [0.29, 0.717) is 31.9 Å². The predicted octanol–water partition coefficient (Wildman–Crippen LogP) is 2.83. The molecule has 0 aromatic heterocycles. The molecule has 0 atom stereocenters. The van der Waals surface area contributed by atoms with Crippen LogP contribution in [0.15, 0.2) is 42.5 Å². The molecule has 0 radical (unpaired) electrons. The first-order valence-electron chi connectivity index (χ1n) is 9.11. The Labute approximate surface area is 159 Å². The molecular weight excluding hydrogens is 342 g/mol. The molecule has 1 heterocycles. The van der Waals surface area contributed by atoms with Gasteiger partial charge in [-0.1, -0.05) is 12.1 Å². The van der Waals surface area contributed by atoms with Crippen LogP contribution in [0.25, 0.3) is 0 Å². The number of nitrogens with zero attached hydrogens (tertiary/aromatic N) is 1. The van der Waals surface area contributed by atoms with Crippen LogP contribution in [-0.2, 0) is 9.53 Å². The van der Waals surface area contributed by atoms with Crippen molar-refractivity contribution in [1.29, 1.82) is 0 Å². The molecule has 6 nitrogen and oxygen atoms in total. The number of hydrogen-bond donors (Lipinski definition) is 2. The Balaban J connectivity index is 1.56. The van der Waals surface area contributed by atoms with Gasteiger partial charge in [0.2, 0.25) is 5.91 Å². The summed E-state index contributed by atoms with van der Waals surface area (Å²) in [4.78, 5) is 26.5. The van der Waals surface area contributed by atoms with E-state index < -0.39 is 0 Å². The van der Waals surface area contributed by atoms with E-state index in [4.69, 9.17) is 4.74 Å². The van der Waals surface area contributed by atoms with Gasteiger partial charge < -0.3 is 20.3 Å². The average molecular weight is 367 g/mol. The van der Waals surface area contributed by atoms with Crippen molar-refractivity contribution in [2.24, 2.45) is 0 Å². The fourth-order valence-corrected chi connectivity index (χ4v) is 2.92. The molecule has 2 aromatic carbocycles. The number of benzene rings is 2. The Hall–Kier alpha value is -2.86. The number of rotatable bonds is 5. The molecule has 1 aliphatic rings. The van der Waals surface area contributed by atoms with E-state index in [2.05, 4.69) is 10.6 Å². The molecule has 1 fully saturated rings. The SMILES string of the molecule is Cc1ccc(NC(=O)CNc2cccc(C(=O)N3CCOCC3)c2)cc1C. The van der Waals surface area contributed by atoms with E-state index in [0.717, 1.165) is 16.9 Å². The van der Waals surface area contributed by atoms with Crippen LogP contribution >= 0.6 is 0 Å². The van der Waals surface area contributed by atoms with Crippen molar-refractivity contribution in [2.75, 3.05) is 43.5 Å². The summed E-state index contributed by atoms with van der Waals surface area (Å²) >= 11 is 0. The molecule has 142 valence electrons. The Morgan fingerprint density at radius 3 is 2.52 bits per heavy atom. The number of carbonyl (C=O) groups is 2. The standard InChI is InChI=1S/C21H25N3O3/c1-15-6-7-19(12-16(15)2)23-20(25)14-22-18-5-3-4-17(13-18)21(26)24-8-10-27-11-9-24/h3-7,12-13,22H,8-11,14H2,1-2H3,(H,23,25). The maximum absolute atomic E-state index is 12.6. The fourth-order valence-electron chi connectivity index (χ4n) is 2.92.